The molecular formula is C20H17FN6O2. The van der Waals surface area contributed by atoms with Gasteiger partial charge in [0, 0.05) is 18.0 Å². The largest absolute Gasteiger partial charge is 0.346 e. The standard InChI is InChI=1S/C20H17FN6O2/c1-12(16-8-4-5-9-22-16)24-19-23-10-14-17(25-19)26-20(29)27(18(14)28)11-13-6-2-3-7-15(13)21/h2-10,12H,11H2,1H3,(H2,23,24,25,26,29). The normalized spacial score (nSPS) is 12.1. The van der Waals surface area contributed by atoms with E-state index < -0.39 is 17.1 Å². The first-order valence-electron chi connectivity index (χ1n) is 8.93. The number of hydrogen-bond acceptors (Lipinski definition) is 6. The van der Waals surface area contributed by atoms with E-state index in [9.17, 15) is 14.0 Å². The maximum Gasteiger partial charge on any atom is 0.330 e. The van der Waals surface area contributed by atoms with Crippen molar-refractivity contribution in [3.63, 3.8) is 0 Å². The number of aromatic amines is 1. The van der Waals surface area contributed by atoms with Gasteiger partial charge in [0.05, 0.1) is 18.3 Å². The molecule has 3 aromatic heterocycles. The third-order valence-electron chi connectivity index (χ3n) is 4.50. The number of H-pyrrole nitrogens is 1. The van der Waals surface area contributed by atoms with Crippen LogP contribution in [-0.4, -0.2) is 24.5 Å². The maximum atomic E-state index is 13.9. The van der Waals surface area contributed by atoms with Gasteiger partial charge in [0.1, 0.15) is 11.2 Å². The second-order valence-corrected chi connectivity index (χ2v) is 6.49. The van der Waals surface area contributed by atoms with Crippen molar-refractivity contribution in [3.05, 3.63) is 92.8 Å². The van der Waals surface area contributed by atoms with Crippen LogP contribution in [0.2, 0.25) is 0 Å². The number of aromatic nitrogens is 5. The predicted octanol–water partition coefficient (Wildman–Crippen LogP) is 2.24. The average molecular weight is 392 g/mol. The molecular weight excluding hydrogens is 375 g/mol. The minimum Gasteiger partial charge on any atom is -0.346 e. The van der Waals surface area contributed by atoms with Gasteiger partial charge in [-0.05, 0) is 25.1 Å². The van der Waals surface area contributed by atoms with Gasteiger partial charge in [-0.25, -0.2) is 14.2 Å². The molecule has 3 heterocycles. The van der Waals surface area contributed by atoms with E-state index in [-0.39, 0.29) is 35.1 Å². The molecule has 9 heteroatoms. The number of benzene rings is 1. The molecule has 0 fully saturated rings. The van der Waals surface area contributed by atoms with Gasteiger partial charge in [0.2, 0.25) is 5.95 Å². The first kappa shape index (κ1) is 18.5. The first-order valence-corrected chi connectivity index (χ1v) is 8.93. The molecule has 0 aliphatic carbocycles. The third-order valence-corrected chi connectivity index (χ3v) is 4.50. The van der Waals surface area contributed by atoms with Crippen LogP contribution in [0.5, 0.6) is 0 Å². The zero-order chi connectivity index (χ0) is 20.4. The van der Waals surface area contributed by atoms with E-state index in [1.165, 1.54) is 18.3 Å². The molecule has 1 atom stereocenters. The fourth-order valence-electron chi connectivity index (χ4n) is 2.95. The third kappa shape index (κ3) is 3.75. The number of rotatable bonds is 5. The number of anilines is 1. The van der Waals surface area contributed by atoms with Crippen LogP contribution >= 0.6 is 0 Å². The van der Waals surface area contributed by atoms with E-state index in [0.717, 1.165) is 10.3 Å². The average Bonchev–Trinajstić information content (AvgIpc) is 2.73. The second-order valence-electron chi connectivity index (χ2n) is 6.49. The molecule has 8 nitrogen and oxygen atoms in total. The summed E-state index contributed by atoms with van der Waals surface area (Å²) in [4.78, 5) is 40.4. The molecule has 0 saturated heterocycles. The molecule has 0 aliphatic rings. The molecule has 4 aromatic rings. The molecule has 29 heavy (non-hydrogen) atoms. The van der Waals surface area contributed by atoms with Gasteiger partial charge >= 0.3 is 5.69 Å². The van der Waals surface area contributed by atoms with Gasteiger partial charge in [-0.15, -0.1) is 0 Å². The Morgan fingerprint density at radius 3 is 2.69 bits per heavy atom. The van der Waals surface area contributed by atoms with Gasteiger partial charge in [-0.3, -0.25) is 19.3 Å². The number of halogens is 1. The van der Waals surface area contributed by atoms with Crippen LogP contribution in [0.4, 0.5) is 10.3 Å². The van der Waals surface area contributed by atoms with Crippen LogP contribution in [0.25, 0.3) is 11.0 Å². The van der Waals surface area contributed by atoms with Crippen LogP contribution < -0.4 is 16.6 Å². The number of nitrogens with zero attached hydrogens (tertiary/aromatic N) is 4. The fourth-order valence-corrected chi connectivity index (χ4v) is 2.95. The number of nitrogens with one attached hydrogen (secondary N) is 2. The summed E-state index contributed by atoms with van der Waals surface area (Å²) in [6.45, 7) is 1.71. The number of pyridine rings is 1. The summed E-state index contributed by atoms with van der Waals surface area (Å²) in [6.07, 6.45) is 3.02. The smallest absolute Gasteiger partial charge is 0.330 e. The molecule has 0 spiro atoms. The van der Waals surface area contributed by atoms with Gasteiger partial charge in [-0.1, -0.05) is 24.3 Å². The molecule has 0 bridgehead atoms. The Balaban J connectivity index is 1.68. The van der Waals surface area contributed by atoms with Crippen molar-refractivity contribution in [3.8, 4) is 0 Å². The fraction of sp³-hybridized carbons (Fsp3) is 0.150. The summed E-state index contributed by atoms with van der Waals surface area (Å²) in [6, 6.07) is 11.4. The summed E-state index contributed by atoms with van der Waals surface area (Å²) < 4.78 is 14.8. The highest BCUT2D eigenvalue weighted by Gasteiger charge is 2.14. The highest BCUT2D eigenvalue weighted by molar-refractivity contribution is 5.73. The highest BCUT2D eigenvalue weighted by Crippen LogP contribution is 2.15. The van der Waals surface area contributed by atoms with Crippen LogP contribution in [0.3, 0.4) is 0 Å². The minimum atomic E-state index is -0.673. The highest BCUT2D eigenvalue weighted by atomic mass is 19.1. The Bertz CT molecular complexity index is 1290. The van der Waals surface area contributed by atoms with Crippen molar-refractivity contribution in [1.82, 2.24) is 24.5 Å². The van der Waals surface area contributed by atoms with E-state index >= 15 is 0 Å². The molecule has 2 N–H and O–H groups in total. The molecule has 1 unspecified atom stereocenters. The van der Waals surface area contributed by atoms with Crippen LogP contribution in [0.15, 0.2) is 64.4 Å². The Labute approximate surface area is 164 Å². The van der Waals surface area contributed by atoms with Gasteiger partial charge < -0.3 is 5.32 Å². The Kier molecular flexibility index (Phi) is 4.86. The van der Waals surface area contributed by atoms with E-state index in [4.69, 9.17) is 0 Å². The lowest BCUT2D eigenvalue weighted by molar-refractivity contribution is 0.590. The number of hydrogen-bond donors (Lipinski definition) is 2. The van der Waals surface area contributed by atoms with E-state index in [1.54, 1.807) is 18.3 Å². The van der Waals surface area contributed by atoms with Crippen molar-refractivity contribution in [1.29, 1.82) is 0 Å². The van der Waals surface area contributed by atoms with E-state index in [2.05, 4.69) is 25.3 Å². The molecule has 4 rings (SSSR count). The Morgan fingerprint density at radius 2 is 1.93 bits per heavy atom. The molecule has 0 saturated carbocycles. The second kappa shape index (κ2) is 7.63. The zero-order valence-electron chi connectivity index (χ0n) is 15.5. The van der Waals surface area contributed by atoms with Crippen molar-refractivity contribution >= 4 is 17.0 Å². The SMILES string of the molecule is CC(Nc1ncc2c(=O)n(Cc3ccccc3F)c(=O)[nH]c2n1)c1ccccn1. The summed E-state index contributed by atoms with van der Waals surface area (Å²) in [5.74, 6) is -0.240. The van der Waals surface area contributed by atoms with Crippen molar-refractivity contribution in [2.75, 3.05) is 5.32 Å². The first-order chi connectivity index (χ1) is 14.0. The lowest BCUT2D eigenvalue weighted by atomic mass is 10.2. The molecule has 146 valence electrons. The lowest BCUT2D eigenvalue weighted by Gasteiger charge is -2.13. The minimum absolute atomic E-state index is 0.107. The predicted molar refractivity (Wildman–Crippen MR) is 106 cm³/mol. The van der Waals surface area contributed by atoms with E-state index in [0.29, 0.717) is 0 Å². The molecule has 1 aromatic carbocycles. The van der Waals surface area contributed by atoms with E-state index in [1.807, 2.05) is 25.1 Å². The van der Waals surface area contributed by atoms with Crippen molar-refractivity contribution in [2.45, 2.75) is 19.5 Å². The Hall–Kier alpha value is -3.88. The van der Waals surface area contributed by atoms with Crippen LogP contribution in [0.1, 0.15) is 24.2 Å². The maximum absolute atomic E-state index is 13.9. The Morgan fingerprint density at radius 1 is 1.14 bits per heavy atom. The number of fused-ring (bicyclic) bond motifs is 1. The summed E-state index contributed by atoms with van der Waals surface area (Å²) in [5.41, 5.74) is -0.118. The lowest BCUT2D eigenvalue weighted by Crippen LogP contribution is -2.36. The monoisotopic (exact) mass is 392 g/mol. The molecule has 0 aliphatic heterocycles. The quantitative estimate of drug-likeness (QED) is 0.540. The van der Waals surface area contributed by atoms with Crippen molar-refractivity contribution < 1.29 is 4.39 Å². The topological polar surface area (TPSA) is 106 Å². The van der Waals surface area contributed by atoms with Crippen LogP contribution in [-0.2, 0) is 6.54 Å². The van der Waals surface area contributed by atoms with Gasteiger partial charge in [0.25, 0.3) is 5.56 Å². The van der Waals surface area contributed by atoms with Gasteiger partial charge in [-0.2, -0.15) is 4.98 Å². The van der Waals surface area contributed by atoms with Crippen molar-refractivity contribution in [2.24, 2.45) is 0 Å². The van der Waals surface area contributed by atoms with Crippen LogP contribution in [0, 0.1) is 5.82 Å². The zero-order valence-corrected chi connectivity index (χ0v) is 15.5. The summed E-state index contributed by atoms with van der Waals surface area (Å²) in [5, 5.41) is 3.22. The summed E-state index contributed by atoms with van der Waals surface area (Å²) in [7, 11) is 0. The molecule has 0 amide bonds. The summed E-state index contributed by atoms with van der Waals surface area (Å²) >= 11 is 0. The molecule has 0 radical (unpaired) electrons. The van der Waals surface area contributed by atoms with Gasteiger partial charge in [0.15, 0.2) is 5.65 Å².